The molecule has 62 heavy (non-hydrogen) atoms. The van der Waals surface area contributed by atoms with Crippen LogP contribution in [0.15, 0.2) is 0 Å². The number of piperazine rings is 1. The van der Waals surface area contributed by atoms with Crippen molar-refractivity contribution >= 4 is 18.0 Å². The van der Waals surface area contributed by atoms with Gasteiger partial charge in [-0.05, 0) is 91.6 Å². The van der Waals surface area contributed by atoms with E-state index in [0.717, 1.165) is 110 Å². The van der Waals surface area contributed by atoms with E-state index >= 15 is 0 Å². The molecule has 0 spiro atoms. The van der Waals surface area contributed by atoms with Gasteiger partial charge in [0.15, 0.2) is 0 Å². The highest BCUT2D eigenvalue weighted by molar-refractivity contribution is 5.69. The molecule has 1 aliphatic rings. The number of amides is 1. The fourth-order valence-corrected chi connectivity index (χ4v) is 8.50. The monoisotopic (exact) mass is 878 g/mol. The Labute approximate surface area is 384 Å². The van der Waals surface area contributed by atoms with E-state index in [2.05, 4.69) is 30.6 Å². The first-order valence-corrected chi connectivity index (χ1v) is 26.9. The number of ether oxygens (including phenoxy) is 3. The van der Waals surface area contributed by atoms with Gasteiger partial charge in [0.25, 0.3) is 0 Å². The van der Waals surface area contributed by atoms with Gasteiger partial charge in [-0.2, -0.15) is 0 Å². The van der Waals surface area contributed by atoms with Crippen LogP contribution in [-0.4, -0.2) is 103 Å². The molecule has 1 heterocycles. The molecule has 1 saturated heterocycles. The molecule has 0 N–H and O–H groups in total. The summed E-state index contributed by atoms with van der Waals surface area (Å²) >= 11 is 0. The summed E-state index contributed by atoms with van der Waals surface area (Å²) < 4.78 is 17.2. The zero-order valence-electron chi connectivity index (χ0n) is 42.1. The molecule has 1 aliphatic heterocycles. The third-order valence-corrected chi connectivity index (χ3v) is 12.5. The molecule has 0 atom stereocenters. The predicted octanol–water partition coefficient (Wildman–Crippen LogP) is 14.2. The number of rotatable bonds is 42. The van der Waals surface area contributed by atoms with Crippen LogP contribution in [0.2, 0.25) is 0 Å². The minimum absolute atomic E-state index is 0.0184. The number of carbonyl (C=O) groups is 3. The van der Waals surface area contributed by atoms with E-state index in [0.29, 0.717) is 19.4 Å². The number of nitrogens with zero attached hydrogens (tertiary/aromatic N) is 3. The van der Waals surface area contributed by atoms with Crippen molar-refractivity contribution in [2.24, 2.45) is 0 Å². The van der Waals surface area contributed by atoms with E-state index in [-0.39, 0.29) is 24.1 Å². The summed E-state index contributed by atoms with van der Waals surface area (Å²) in [6, 6.07) is 0. The first kappa shape index (κ1) is 58.1. The molecular formula is C53H103N3O6. The second kappa shape index (κ2) is 40.6. The van der Waals surface area contributed by atoms with Crippen LogP contribution in [0.5, 0.6) is 0 Å². The van der Waals surface area contributed by atoms with Crippen LogP contribution in [0, 0.1) is 0 Å². The molecule has 0 aromatic carbocycles. The van der Waals surface area contributed by atoms with Gasteiger partial charge < -0.3 is 24.0 Å². The van der Waals surface area contributed by atoms with Crippen molar-refractivity contribution in [3.05, 3.63) is 0 Å². The summed E-state index contributed by atoms with van der Waals surface area (Å²) in [5, 5.41) is 0. The van der Waals surface area contributed by atoms with Crippen LogP contribution in [0.3, 0.4) is 0 Å². The lowest BCUT2D eigenvalue weighted by Gasteiger charge is -2.36. The maximum atomic E-state index is 12.9. The van der Waals surface area contributed by atoms with Crippen LogP contribution in [0.1, 0.15) is 253 Å². The zero-order valence-corrected chi connectivity index (χ0v) is 42.1. The Morgan fingerprint density at radius 2 is 0.919 bits per heavy atom. The molecule has 0 aliphatic carbocycles. The van der Waals surface area contributed by atoms with Crippen LogP contribution in [0.25, 0.3) is 0 Å². The second-order valence-electron chi connectivity index (χ2n) is 19.8. The molecule has 0 bridgehead atoms. The van der Waals surface area contributed by atoms with Crippen molar-refractivity contribution in [1.82, 2.24) is 14.7 Å². The van der Waals surface area contributed by atoms with Gasteiger partial charge in [0, 0.05) is 52.1 Å². The number of hydrogen-bond acceptors (Lipinski definition) is 8. The first-order valence-electron chi connectivity index (χ1n) is 26.9. The molecule has 366 valence electrons. The van der Waals surface area contributed by atoms with E-state index in [1.165, 1.54) is 141 Å². The second-order valence-corrected chi connectivity index (χ2v) is 19.8. The van der Waals surface area contributed by atoms with Crippen molar-refractivity contribution in [2.45, 2.75) is 265 Å². The standard InChI is InChI=1S/C53H103N3O6/c1-7-10-13-16-19-24-31-38-50(57)60-48-35-28-21-27-34-41-54(42-43-55-44-46-56(47-45-55)52(59)62-53(4,5)6)40-33-26-20-25-32-39-51(58)61-49(36-29-22-17-14-11-8-2)37-30-23-18-15-12-9-3/h49H,7-48H2,1-6H3. The van der Waals surface area contributed by atoms with E-state index in [1.807, 2.05) is 25.7 Å². The SMILES string of the molecule is CCCCCCCCCC(=O)OCCCCCCCN(CCCCCCCC(=O)OC(CCCCCCCC)CCCCCCCC)CCN1CCN(C(=O)OC(C)(C)C)CC1. The van der Waals surface area contributed by atoms with Crippen molar-refractivity contribution < 1.29 is 28.6 Å². The van der Waals surface area contributed by atoms with Crippen molar-refractivity contribution in [3.8, 4) is 0 Å². The van der Waals surface area contributed by atoms with Gasteiger partial charge in [-0.25, -0.2) is 4.79 Å². The summed E-state index contributed by atoms with van der Waals surface area (Å²) in [5.74, 6) is -0.00541. The highest BCUT2D eigenvalue weighted by Gasteiger charge is 2.26. The summed E-state index contributed by atoms with van der Waals surface area (Å²) in [7, 11) is 0. The third-order valence-electron chi connectivity index (χ3n) is 12.5. The van der Waals surface area contributed by atoms with Crippen molar-refractivity contribution in [1.29, 1.82) is 0 Å². The van der Waals surface area contributed by atoms with E-state index in [9.17, 15) is 14.4 Å². The Hall–Kier alpha value is -1.87. The van der Waals surface area contributed by atoms with Crippen LogP contribution in [0.4, 0.5) is 4.79 Å². The Balaban J connectivity index is 2.42. The van der Waals surface area contributed by atoms with Gasteiger partial charge in [-0.15, -0.1) is 0 Å². The molecule has 0 saturated carbocycles. The smallest absolute Gasteiger partial charge is 0.410 e. The Morgan fingerprint density at radius 1 is 0.500 bits per heavy atom. The van der Waals surface area contributed by atoms with Crippen molar-refractivity contribution in [2.75, 3.05) is 59.0 Å². The first-order chi connectivity index (χ1) is 30.1. The summed E-state index contributed by atoms with van der Waals surface area (Å²) in [5.41, 5.74) is -0.469. The lowest BCUT2D eigenvalue weighted by atomic mass is 10.0. The van der Waals surface area contributed by atoms with E-state index < -0.39 is 5.60 Å². The molecule has 9 heteroatoms. The number of hydrogen-bond donors (Lipinski definition) is 0. The predicted molar refractivity (Wildman–Crippen MR) is 261 cm³/mol. The Morgan fingerprint density at radius 3 is 1.40 bits per heavy atom. The lowest BCUT2D eigenvalue weighted by Crippen LogP contribution is -2.51. The maximum absolute atomic E-state index is 12.9. The summed E-state index contributed by atoms with van der Waals surface area (Å²) in [6.45, 7) is 20.6. The average molecular weight is 878 g/mol. The molecule has 0 aromatic rings. The Bertz CT molecular complexity index is 1030. The van der Waals surface area contributed by atoms with Gasteiger partial charge in [-0.3, -0.25) is 14.5 Å². The van der Waals surface area contributed by atoms with E-state index in [1.54, 1.807) is 0 Å². The number of unbranched alkanes of at least 4 members (excludes halogenated alkanes) is 24. The number of esters is 2. The molecule has 0 aromatic heterocycles. The normalized spacial score (nSPS) is 13.6. The Kier molecular flexibility index (Phi) is 38.1. The quantitative estimate of drug-likeness (QED) is 0.0340. The lowest BCUT2D eigenvalue weighted by molar-refractivity contribution is -0.150. The van der Waals surface area contributed by atoms with E-state index in [4.69, 9.17) is 14.2 Å². The highest BCUT2D eigenvalue weighted by Crippen LogP contribution is 2.19. The average Bonchev–Trinajstić information content (AvgIpc) is 3.24. The minimum Gasteiger partial charge on any atom is -0.466 e. The van der Waals surface area contributed by atoms with Crippen LogP contribution in [-0.2, 0) is 23.8 Å². The molecule has 1 rings (SSSR count). The summed E-state index contributed by atoms with van der Waals surface area (Å²) in [4.78, 5) is 44.6. The summed E-state index contributed by atoms with van der Waals surface area (Å²) in [6.07, 6.45) is 38.1. The topological polar surface area (TPSA) is 88.6 Å². The van der Waals surface area contributed by atoms with Crippen LogP contribution < -0.4 is 0 Å². The maximum Gasteiger partial charge on any atom is 0.410 e. The third kappa shape index (κ3) is 36.5. The molecule has 1 amide bonds. The molecule has 0 radical (unpaired) electrons. The van der Waals surface area contributed by atoms with Crippen LogP contribution >= 0.6 is 0 Å². The van der Waals surface area contributed by atoms with Crippen molar-refractivity contribution in [3.63, 3.8) is 0 Å². The highest BCUT2D eigenvalue weighted by atomic mass is 16.6. The molecule has 1 fully saturated rings. The van der Waals surface area contributed by atoms with Gasteiger partial charge >= 0.3 is 18.0 Å². The van der Waals surface area contributed by atoms with Gasteiger partial charge in [0.05, 0.1) is 6.61 Å². The van der Waals surface area contributed by atoms with Gasteiger partial charge in [0.2, 0.25) is 0 Å². The molecule has 9 nitrogen and oxygen atoms in total. The van der Waals surface area contributed by atoms with Gasteiger partial charge in [-0.1, -0.05) is 162 Å². The van der Waals surface area contributed by atoms with Gasteiger partial charge in [0.1, 0.15) is 11.7 Å². The molecule has 0 unspecified atom stereocenters. The zero-order chi connectivity index (χ0) is 45.4. The fraction of sp³-hybridized carbons (Fsp3) is 0.943. The number of carbonyl (C=O) groups excluding carboxylic acids is 3. The fourth-order valence-electron chi connectivity index (χ4n) is 8.50. The molecular weight excluding hydrogens is 775 g/mol. The minimum atomic E-state index is -0.469. The largest absolute Gasteiger partial charge is 0.466 e.